The summed E-state index contributed by atoms with van der Waals surface area (Å²) in [6, 6.07) is 55.9. The first-order valence-electron chi connectivity index (χ1n) is 15.5. The number of benzene rings is 7. The van der Waals surface area contributed by atoms with Crippen LogP contribution >= 0.6 is 0 Å². The maximum atomic E-state index is 5.05. The van der Waals surface area contributed by atoms with Crippen molar-refractivity contribution in [2.45, 2.75) is 20.4 Å². The maximum Gasteiger partial charge on any atom is 0.155 e. The van der Waals surface area contributed by atoms with Crippen molar-refractivity contribution in [3.05, 3.63) is 180 Å². The van der Waals surface area contributed by atoms with E-state index in [0.29, 0.717) is 6.54 Å². The second-order valence-corrected chi connectivity index (χ2v) is 11.5. The molecule has 0 atom stereocenters. The molecule has 45 heavy (non-hydrogen) atoms. The van der Waals surface area contributed by atoms with E-state index in [0.717, 1.165) is 28.2 Å². The van der Waals surface area contributed by atoms with Crippen LogP contribution < -0.4 is 0 Å². The normalized spacial score (nSPS) is 12.1. The smallest absolute Gasteiger partial charge is 0.155 e. The number of hydrogen-bond donors (Lipinski definition) is 0. The van der Waals surface area contributed by atoms with E-state index in [9.17, 15) is 0 Å². The molecule has 7 aromatic rings. The predicted molar refractivity (Wildman–Crippen MR) is 192 cm³/mol. The van der Waals surface area contributed by atoms with Crippen molar-refractivity contribution in [2.24, 2.45) is 9.98 Å². The molecule has 2 nitrogen and oxygen atoms in total. The van der Waals surface area contributed by atoms with Gasteiger partial charge in [-0.05, 0) is 68.8 Å². The van der Waals surface area contributed by atoms with Crippen LogP contribution in [0.1, 0.15) is 29.2 Å². The van der Waals surface area contributed by atoms with E-state index in [1.54, 1.807) is 0 Å². The largest absolute Gasteiger partial charge is 0.261 e. The first-order chi connectivity index (χ1) is 22.2. The fraction of sp³-hybridized carbons (Fsp3) is 0.0698. The number of fused-ring (bicyclic) bond motifs is 2. The highest BCUT2D eigenvalue weighted by Crippen LogP contribution is 2.43. The molecule has 2 heteroatoms. The first kappa shape index (κ1) is 28.2. The fourth-order valence-corrected chi connectivity index (χ4v) is 6.18. The molecule has 0 unspecified atom stereocenters. The van der Waals surface area contributed by atoms with Gasteiger partial charge in [-0.25, -0.2) is 4.99 Å². The van der Waals surface area contributed by atoms with Crippen LogP contribution in [0.2, 0.25) is 0 Å². The van der Waals surface area contributed by atoms with Gasteiger partial charge in [-0.15, -0.1) is 0 Å². The van der Waals surface area contributed by atoms with Gasteiger partial charge < -0.3 is 0 Å². The Morgan fingerprint density at radius 3 is 1.60 bits per heavy atom. The van der Waals surface area contributed by atoms with Crippen LogP contribution in [-0.4, -0.2) is 11.5 Å². The molecule has 0 N–H and O–H groups in total. The summed E-state index contributed by atoms with van der Waals surface area (Å²) in [5.41, 5.74) is 10.4. The standard InChI is InChI=1S/C43H34N2/c1-30-14-13-19-36(28-30)42-39-22-11-9-20-37(39)41(38-21-10-12-23-40(38)42)34-24-26-35(27-25-34)43(44-29-32-15-5-3-6-16-32)45-31(2)33-17-7-4-8-18-33/h3-28H,29H2,1-2H3. The van der Waals surface area contributed by atoms with Crippen LogP contribution in [0.5, 0.6) is 0 Å². The third-order valence-corrected chi connectivity index (χ3v) is 8.39. The van der Waals surface area contributed by atoms with Gasteiger partial charge in [0, 0.05) is 11.3 Å². The summed E-state index contributed by atoms with van der Waals surface area (Å²) in [6.45, 7) is 4.78. The summed E-state index contributed by atoms with van der Waals surface area (Å²) < 4.78 is 0. The van der Waals surface area contributed by atoms with Gasteiger partial charge in [0.15, 0.2) is 5.84 Å². The van der Waals surface area contributed by atoms with Crippen LogP contribution in [0.15, 0.2) is 168 Å². The molecule has 0 saturated carbocycles. The Morgan fingerprint density at radius 1 is 0.489 bits per heavy atom. The van der Waals surface area contributed by atoms with Gasteiger partial charge in [-0.2, -0.15) is 0 Å². The average Bonchev–Trinajstić information content (AvgIpc) is 3.10. The average molecular weight is 579 g/mol. The fourth-order valence-electron chi connectivity index (χ4n) is 6.18. The van der Waals surface area contributed by atoms with Gasteiger partial charge in [0.25, 0.3) is 0 Å². The van der Waals surface area contributed by atoms with Crippen molar-refractivity contribution < 1.29 is 0 Å². The number of hydrogen-bond acceptors (Lipinski definition) is 1. The minimum atomic E-state index is 0.569. The highest BCUT2D eigenvalue weighted by atomic mass is 14.9. The van der Waals surface area contributed by atoms with Gasteiger partial charge in [-0.3, -0.25) is 4.99 Å². The second kappa shape index (κ2) is 12.6. The zero-order chi connectivity index (χ0) is 30.6. The van der Waals surface area contributed by atoms with Crippen molar-refractivity contribution >= 4 is 33.1 Å². The summed E-state index contributed by atoms with van der Waals surface area (Å²) in [4.78, 5) is 10.1. The van der Waals surface area contributed by atoms with Gasteiger partial charge in [0.05, 0.1) is 6.54 Å². The number of rotatable bonds is 6. The lowest BCUT2D eigenvalue weighted by Gasteiger charge is -2.18. The maximum absolute atomic E-state index is 5.05. The molecule has 0 saturated heterocycles. The van der Waals surface area contributed by atoms with E-state index in [4.69, 9.17) is 9.98 Å². The van der Waals surface area contributed by atoms with Crippen LogP contribution in [-0.2, 0) is 6.54 Å². The topological polar surface area (TPSA) is 24.7 Å². The Morgan fingerprint density at radius 2 is 1.02 bits per heavy atom. The van der Waals surface area contributed by atoms with Gasteiger partial charge in [-0.1, -0.05) is 163 Å². The highest BCUT2D eigenvalue weighted by molar-refractivity contribution is 6.21. The molecule has 0 aliphatic heterocycles. The van der Waals surface area contributed by atoms with Crippen molar-refractivity contribution in [3.63, 3.8) is 0 Å². The number of aliphatic imine (C=N–C) groups is 2. The summed E-state index contributed by atoms with van der Waals surface area (Å²) >= 11 is 0. The lowest BCUT2D eigenvalue weighted by atomic mass is 9.85. The number of amidine groups is 1. The van der Waals surface area contributed by atoms with Crippen molar-refractivity contribution in [3.8, 4) is 22.3 Å². The molecule has 0 aromatic heterocycles. The minimum Gasteiger partial charge on any atom is -0.261 e. The predicted octanol–water partition coefficient (Wildman–Crippen LogP) is 11.1. The van der Waals surface area contributed by atoms with Gasteiger partial charge in [0.1, 0.15) is 0 Å². The van der Waals surface area contributed by atoms with Gasteiger partial charge >= 0.3 is 0 Å². The van der Waals surface area contributed by atoms with E-state index in [-0.39, 0.29) is 0 Å². The van der Waals surface area contributed by atoms with Crippen LogP contribution in [0.25, 0.3) is 43.8 Å². The van der Waals surface area contributed by atoms with E-state index in [2.05, 4.69) is 147 Å². The minimum absolute atomic E-state index is 0.569. The monoisotopic (exact) mass is 578 g/mol. The van der Waals surface area contributed by atoms with Crippen LogP contribution in [0, 0.1) is 6.92 Å². The molecule has 0 fully saturated rings. The third-order valence-electron chi connectivity index (χ3n) is 8.39. The Bertz CT molecular complexity index is 2120. The summed E-state index contributed by atoms with van der Waals surface area (Å²) in [5.74, 6) is 0.733. The van der Waals surface area contributed by atoms with E-state index in [1.807, 2.05) is 24.3 Å². The lowest BCUT2D eigenvalue weighted by molar-refractivity contribution is 1.06. The zero-order valence-electron chi connectivity index (χ0n) is 25.6. The second-order valence-electron chi connectivity index (χ2n) is 11.5. The Hall–Kier alpha value is -5.60. The molecule has 0 bridgehead atoms. The molecule has 0 spiro atoms. The number of aryl methyl sites for hydroxylation is 1. The lowest BCUT2D eigenvalue weighted by Crippen LogP contribution is -2.04. The molecule has 0 aliphatic rings. The summed E-state index contributed by atoms with van der Waals surface area (Å²) in [6.07, 6.45) is 0. The molecule has 0 radical (unpaired) electrons. The SMILES string of the molecule is CC(=NC(=NCc1ccccc1)c1ccc(-c2c3ccccc3c(-c3cccc(C)c3)c3ccccc23)cc1)c1ccccc1. The van der Waals surface area contributed by atoms with Gasteiger partial charge in [0.2, 0.25) is 0 Å². The highest BCUT2D eigenvalue weighted by Gasteiger charge is 2.17. The van der Waals surface area contributed by atoms with E-state index >= 15 is 0 Å². The Balaban J connectivity index is 1.36. The summed E-state index contributed by atoms with van der Waals surface area (Å²) in [5, 5.41) is 5.01. The zero-order valence-corrected chi connectivity index (χ0v) is 25.6. The molecule has 0 aliphatic carbocycles. The Kier molecular flexibility index (Phi) is 7.87. The van der Waals surface area contributed by atoms with Crippen LogP contribution in [0.3, 0.4) is 0 Å². The molecule has 7 rings (SSSR count). The molecular weight excluding hydrogens is 544 g/mol. The Labute approximate surface area is 265 Å². The quantitative estimate of drug-likeness (QED) is 0.107. The van der Waals surface area contributed by atoms with Crippen LogP contribution in [0.4, 0.5) is 0 Å². The van der Waals surface area contributed by atoms with E-state index < -0.39 is 0 Å². The van der Waals surface area contributed by atoms with E-state index in [1.165, 1.54) is 49.4 Å². The molecule has 0 amide bonds. The molecule has 216 valence electrons. The van der Waals surface area contributed by atoms with Crippen molar-refractivity contribution in [1.82, 2.24) is 0 Å². The van der Waals surface area contributed by atoms with Crippen molar-refractivity contribution in [1.29, 1.82) is 0 Å². The molecule has 7 aromatic carbocycles. The molecular formula is C43H34N2. The number of nitrogens with zero attached hydrogens (tertiary/aromatic N) is 2. The summed E-state index contributed by atoms with van der Waals surface area (Å²) in [7, 11) is 0. The third kappa shape index (κ3) is 5.83. The molecule has 0 heterocycles. The first-order valence-corrected chi connectivity index (χ1v) is 15.5. The van der Waals surface area contributed by atoms with Crippen molar-refractivity contribution in [2.75, 3.05) is 0 Å².